The highest BCUT2D eigenvalue weighted by molar-refractivity contribution is 7.99. The molecule has 2 saturated heterocycles. The molecule has 0 bridgehead atoms. The minimum atomic E-state index is -0.411. The van der Waals surface area contributed by atoms with Gasteiger partial charge in [-0.2, -0.15) is 11.8 Å². The van der Waals surface area contributed by atoms with Gasteiger partial charge in [-0.1, -0.05) is 13.8 Å². The van der Waals surface area contributed by atoms with Crippen molar-refractivity contribution >= 4 is 17.9 Å². The van der Waals surface area contributed by atoms with E-state index in [1.54, 1.807) is 0 Å². The molecule has 1 amide bonds. The van der Waals surface area contributed by atoms with Gasteiger partial charge in [-0.15, -0.1) is 0 Å². The van der Waals surface area contributed by atoms with E-state index in [1.807, 2.05) is 25.7 Å². The van der Waals surface area contributed by atoms with Crippen LogP contribution in [0.15, 0.2) is 0 Å². The average molecular weight is 343 g/mol. The Labute approximate surface area is 146 Å². The SMILES string of the molecule is CC1(C)CSCC(NC2CCCN(C(=O)OC(C)(C)C)CC2)C1. The predicted molar refractivity (Wildman–Crippen MR) is 98.1 cm³/mol. The number of hydrogen-bond acceptors (Lipinski definition) is 4. The Balaban J connectivity index is 1.81. The van der Waals surface area contributed by atoms with Crippen molar-refractivity contribution in [3.05, 3.63) is 0 Å². The summed E-state index contributed by atoms with van der Waals surface area (Å²) in [4.78, 5) is 14.1. The Hall–Kier alpha value is -0.420. The molecule has 2 rings (SSSR count). The van der Waals surface area contributed by atoms with Crippen LogP contribution in [0.1, 0.15) is 60.3 Å². The summed E-state index contributed by atoms with van der Waals surface area (Å²) < 4.78 is 5.51. The number of amides is 1. The van der Waals surface area contributed by atoms with Gasteiger partial charge in [0.05, 0.1) is 0 Å². The molecular formula is C18H34N2O2S. The maximum atomic E-state index is 12.2. The van der Waals surface area contributed by atoms with Crippen molar-refractivity contribution in [2.24, 2.45) is 5.41 Å². The summed E-state index contributed by atoms with van der Waals surface area (Å²) in [6, 6.07) is 1.14. The summed E-state index contributed by atoms with van der Waals surface area (Å²) in [5.41, 5.74) is 0.0276. The molecule has 134 valence electrons. The Morgan fingerprint density at radius 3 is 2.61 bits per heavy atom. The second kappa shape index (κ2) is 7.64. The molecule has 0 aromatic carbocycles. The van der Waals surface area contributed by atoms with Crippen LogP contribution in [-0.4, -0.2) is 53.3 Å². The van der Waals surface area contributed by atoms with Gasteiger partial charge in [0.1, 0.15) is 5.60 Å². The maximum absolute atomic E-state index is 12.2. The van der Waals surface area contributed by atoms with Gasteiger partial charge in [0.25, 0.3) is 0 Å². The molecule has 1 N–H and O–H groups in total. The molecule has 0 aliphatic carbocycles. The van der Waals surface area contributed by atoms with E-state index >= 15 is 0 Å². The summed E-state index contributed by atoms with van der Waals surface area (Å²) in [6.07, 6.45) is 4.33. The number of nitrogens with zero attached hydrogens (tertiary/aromatic N) is 1. The molecule has 0 radical (unpaired) electrons. The van der Waals surface area contributed by atoms with E-state index in [0.29, 0.717) is 17.5 Å². The molecule has 2 atom stereocenters. The van der Waals surface area contributed by atoms with Crippen molar-refractivity contribution in [2.45, 2.75) is 78.0 Å². The molecular weight excluding hydrogens is 308 g/mol. The van der Waals surface area contributed by atoms with Crippen molar-refractivity contribution in [3.63, 3.8) is 0 Å². The predicted octanol–water partition coefficient (Wildman–Crippen LogP) is 3.90. The molecule has 5 heteroatoms. The van der Waals surface area contributed by atoms with E-state index in [0.717, 1.165) is 32.4 Å². The first-order chi connectivity index (χ1) is 10.6. The van der Waals surface area contributed by atoms with Gasteiger partial charge >= 0.3 is 6.09 Å². The summed E-state index contributed by atoms with van der Waals surface area (Å²) in [5, 5.41) is 3.86. The number of hydrogen-bond donors (Lipinski definition) is 1. The highest BCUT2D eigenvalue weighted by Gasteiger charge is 2.31. The molecule has 0 aromatic heterocycles. The van der Waals surface area contributed by atoms with Crippen molar-refractivity contribution in [1.29, 1.82) is 0 Å². The van der Waals surface area contributed by atoms with Crippen LogP contribution in [-0.2, 0) is 4.74 Å². The Morgan fingerprint density at radius 1 is 1.22 bits per heavy atom. The molecule has 0 saturated carbocycles. The minimum absolute atomic E-state index is 0.160. The number of likely N-dealkylation sites (tertiary alicyclic amines) is 1. The summed E-state index contributed by atoms with van der Waals surface area (Å²) in [5.74, 6) is 2.48. The second-order valence-electron chi connectivity index (χ2n) is 8.84. The van der Waals surface area contributed by atoms with E-state index in [1.165, 1.54) is 17.9 Å². The van der Waals surface area contributed by atoms with Crippen LogP contribution in [0.3, 0.4) is 0 Å². The highest BCUT2D eigenvalue weighted by atomic mass is 32.2. The lowest BCUT2D eigenvalue weighted by Crippen LogP contribution is -2.45. The molecule has 0 aromatic rings. The number of rotatable bonds is 2. The topological polar surface area (TPSA) is 41.6 Å². The molecule has 2 unspecified atom stereocenters. The van der Waals surface area contributed by atoms with Gasteiger partial charge in [0.15, 0.2) is 0 Å². The van der Waals surface area contributed by atoms with Crippen molar-refractivity contribution in [3.8, 4) is 0 Å². The first-order valence-electron chi connectivity index (χ1n) is 8.96. The van der Waals surface area contributed by atoms with E-state index in [-0.39, 0.29) is 6.09 Å². The number of nitrogens with one attached hydrogen (secondary N) is 1. The molecule has 2 heterocycles. The van der Waals surface area contributed by atoms with Gasteiger partial charge in [-0.25, -0.2) is 4.79 Å². The lowest BCUT2D eigenvalue weighted by Gasteiger charge is -2.37. The largest absolute Gasteiger partial charge is 0.444 e. The fourth-order valence-corrected chi connectivity index (χ4v) is 4.76. The van der Waals surface area contributed by atoms with Crippen LogP contribution < -0.4 is 5.32 Å². The summed E-state index contributed by atoms with van der Waals surface area (Å²) in [6.45, 7) is 12.1. The number of carbonyl (C=O) groups is 1. The monoisotopic (exact) mass is 342 g/mol. The second-order valence-corrected chi connectivity index (χ2v) is 9.87. The van der Waals surface area contributed by atoms with Gasteiger partial charge in [0, 0.05) is 30.9 Å². The first-order valence-corrected chi connectivity index (χ1v) is 10.1. The minimum Gasteiger partial charge on any atom is -0.444 e. The van der Waals surface area contributed by atoms with Gasteiger partial charge in [0.2, 0.25) is 0 Å². The van der Waals surface area contributed by atoms with E-state index in [2.05, 4.69) is 30.9 Å². The maximum Gasteiger partial charge on any atom is 0.410 e. The van der Waals surface area contributed by atoms with Gasteiger partial charge < -0.3 is 15.0 Å². The summed E-state index contributed by atoms with van der Waals surface area (Å²) >= 11 is 2.07. The number of carbonyl (C=O) groups excluding carboxylic acids is 1. The van der Waals surface area contributed by atoms with Crippen LogP contribution in [0.25, 0.3) is 0 Å². The Bertz CT molecular complexity index is 406. The van der Waals surface area contributed by atoms with E-state index in [4.69, 9.17) is 4.74 Å². The zero-order valence-electron chi connectivity index (χ0n) is 15.5. The van der Waals surface area contributed by atoms with E-state index < -0.39 is 5.60 Å². The number of thioether (sulfide) groups is 1. The lowest BCUT2D eigenvalue weighted by atomic mass is 9.87. The third-order valence-electron chi connectivity index (χ3n) is 4.46. The van der Waals surface area contributed by atoms with Crippen LogP contribution in [0.5, 0.6) is 0 Å². The first kappa shape index (κ1) is 18.9. The van der Waals surface area contributed by atoms with Gasteiger partial charge in [-0.05, 0) is 57.6 Å². The summed E-state index contributed by atoms with van der Waals surface area (Å²) in [7, 11) is 0. The molecule has 0 spiro atoms. The van der Waals surface area contributed by atoms with Crippen LogP contribution in [0, 0.1) is 5.41 Å². The molecule has 2 fully saturated rings. The molecule has 23 heavy (non-hydrogen) atoms. The fraction of sp³-hybridized carbons (Fsp3) is 0.944. The fourth-order valence-electron chi connectivity index (χ4n) is 3.47. The Morgan fingerprint density at radius 2 is 1.96 bits per heavy atom. The number of ether oxygens (including phenoxy) is 1. The smallest absolute Gasteiger partial charge is 0.410 e. The van der Waals surface area contributed by atoms with Crippen LogP contribution in [0.4, 0.5) is 4.79 Å². The van der Waals surface area contributed by atoms with Crippen LogP contribution >= 0.6 is 11.8 Å². The van der Waals surface area contributed by atoms with Crippen molar-refractivity contribution in [2.75, 3.05) is 24.6 Å². The molecule has 2 aliphatic rings. The average Bonchev–Trinajstić information content (AvgIpc) is 2.61. The normalized spacial score (nSPS) is 29.0. The molecule has 4 nitrogen and oxygen atoms in total. The van der Waals surface area contributed by atoms with Crippen molar-refractivity contribution < 1.29 is 9.53 Å². The quantitative estimate of drug-likeness (QED) is 0.826. The zero-order valence-corrected chi connectivity index (χ0v) is 16.3. The van der Waals surface area contributed by atoms with E-state index in [9.17, 15) is 4.79 Å². The standard InChI is InChI=1S/C18H34N2O2S/c1-17(2,3)22-16(21)20-9-6-7-14(8-10-20)19-15-11-18(4,5)13-23-12-15/h14-15,19H,6-13H2,1-5H3. The van der Waals surface area contributed by atoms with Crippen molar-refractivity contribution in [1.82, 2.24) is 10.2 Å². The Kier molecular flexibility index (Phi) is 6.28. The van der Waals surface area contributed by atoms with Crippen LogP contribution in [0.2, 0.25) is 0 Å². The van der Waals surface area contributed by atoms with Gasteiger partial charge in [-0.3, -0.25) is 0 Å². The highest BCUT2D eigenvalue weighted by Crippen LogP contribution is 2.34. The zero-order chi connectivity index (χ0) is 17.1. The third kappa shape index (κ3) is 6.54. The third-order valence-corrected chi connectivity index (χ3v) is 6.09. The molecule has 2 aliphatic heterocycles. The lowest BCUT2D eigenvalue weighted by molar-refractivity contribution is 0.0256.